The van der Waals surface area contributed by atoms with E-state index in [2.05, 4.69) is 53.8 Å². The Hall–Kier alpha value is -2.24. The van der Waals surface area contributed by atoms with Crippen molar-refractivity contribution in [3.05, 3.63) is 70.8 Å². The lowest BCUT2D eigenvalue weighted by Gasteiger charge is -2.43. The topological polar surface area (TPSA) is 41.6 Å². The van der Waals surface area contributed by atoms with Gasteiger partial charge in [0.15, 0.2) is 5.11 Å². The standard InChI is InChI=1S/C28H36N2O2S/c1-20(2)30(19-31)27(33)29-26-25-17-22(10-9-21-7-5-4-6-8-21)11-12-23(25)18-28(26)15-13-24(32-3)14-16-28/h4-8,11-12,17,19-20,24,26H,9-10,13-16,18H2,1-3H3,(H,29,33). The molecule has 1 atom stereocenters. The lowest BCUT2D eigenvalue weighted by Crippen LogP contribution is -2.48. The highest BCUT2D eigenvalue weighted by atomic mass is 32.1. The van der Waals surface area contributed by atoms with Gasteiger partial charge in [0.05, 0.1) is 12.1 Å². The van der Waals surface area contributed by atoms with Crippen molar-refractivity contribution < 1.29 is 9.53 Å². The summed E-state index contributed by atoms with van der Waals surface area (Å²) in [5.41, 5.74) is 5.60. The third kappa shape index (κ3) is 5.15. The summed E-state index contributed by atoms with van der Waals surface area (Å²) in [5, 5.41) is 4.18. The second kappa shape index (κ2) is 10.4. The molecule has 2 aromatic carbocycles. The Balaban J connectivity index is 1.60. The van der Waals surface area contributed by atoms with Crippen LogP contribution < -0.4 is 5.32 Å². The minimum Gasteiger partial charge on any atom is -0.381 e. The number of aryl methyl sites for hydroxylation is 2. The molecule has 176 valence electrons. The number of methoxy groups -OCH3 is 1. The maximum atomic E-state index is 11.7. The Labute approximate surface area is 203 Å². The summed E-state index contributed by atoms with van der Waals surface area (Å²) in [5.74, 6) is 0. The van der Waals surface area contributed by atoms with Gasteiger partial charge in [-0.2, -0.15) is 0 Å². The Kier molecular flexibility index (Phi) is 7.50. The molecule has 2 aliphatic rings. The summed E-state index contributed by atoms with van der Waals surface area (Å²) in [7, 11) is 1.82. The van der Waals surface area contributed by atoms with Crippen LogP contribution in [0.5, 0.6) is 0 Å². The van der Waals surface area contributed by atoms with Crippen molar-refractivity contribution in [2.45, 2.75) is 77.0 Å². The van der Waals surface area contributed by atoms with Gasteiger partial charge in [-0.15, -0.1) is 0 Å². The Morgan fingerprint density at radius 1 is 1.15 bits per heavy atom. The van der Waals surface area contributed by atoms with Crippen molar-refractivity contribution in [1.29, 1.82) is 0 Å². The highest BCUT2D eigenvalue weighted by Gasteiger charge is 2.48. The van der Waals surface area contributed by atoms with Crippen LogP contribution >= 0.6 is 12.2 Å². The van der Waals surface area contributed by atoms with Crippen LogP contribution in [0.25, 0.3) is 0 Å². The largest absolute Gasteiger partial charge is 0.381 e. The van der Waals surface area contributed by atoms with E-state index in [1.165, 1.54) is 22.3 Å². The van der Waals surface area contributed by atoms with Gasteiger partial charge in [0.1, 0.15) is 0 Å². The van der Waals surface area contributed by atoms with E-state index in [1.807, 2.05) is 21.0 Å². The van der Waals surface area contributed by atoms with Crippen molar-refractivity contribution in [3.8, 4) is 0 Å². The summed E-state index contributed by atoms with van der Waals surface area (Å²) >= 11 is 5.72. The monoisotopic (exact) mass is 464 g/mol. The van der Waals surface area contributed by atoms with Crippen LogP contribution in [-0.2, 0) is 28.8 Å². The third-order valence-corrected chi connectivity index (χ3v) is 7.98. The molecule has 1 spiro atoms. The zero-order chi connectivity index (χ0) is 23.4. The number of carbonyl (C=O) groups is 1. The van der Waals surface area contributed by atoms with Gasteiger partial charge >= 0.3 is 0 Å². The Morgan fingerprint density at radius 3 is 2.48 bits per heavy atom. The summed E-state index contributed by atoms with van der Waals surface area (Å²) in [6.45, 7) is 3.98. The second-order valence-electron chi connectivity index (χ2n) is 9.98. The molecule has 1 fully saturated rings. The van der Waals surface area contributed by atoms with E-state index in [0.717, 1.165) is 51.4 Å². The number of rotatable bonds is 7. The van der Waals surface area contributed by atoms with Gasteiger partial charge in [0.2, 0.25) is 6.41 Å². The van der Waals surface area contributed by atoms with Crippen molar-refractivity contribution >= 4 is 23.7 Å². The summed E-state index contributed by atoms with van der Waals surface area (Å²) in [6, 6.07) is 17.8. The highest BCUT2D eigenvalue weighted by Crippen LogP contribution is 2.54. The average Bonchev–Trinajstić information content (AvgIpc) is 3.11. The van der Waals surface area contributed by atoms with Gasteiger partial charge in [-0.3, -0.25) is 9.69 Å². The molecule has 2 aromatic rings. The van der Waals surface area contributed by atoms with Gasteiger partial charge in [-0.1, -0.05) is 48.5 Å². The van der Waals surface area contributed by atoms with Gasteiger partial charge in [0, 0.05) is 13.2 Å². The van der Waals surface area contributed by atoms with Gasteiger partial charge in [-0.05, 0) is 98.7 Å². The van der Waals surface area contributed by atoms with E-state index in [4.69, 9.17) is 17.0 Å². The van der Waals surface area contributed by atoms with E-state index >= 15 is 0 Å². The van der Waals surface area contributed by atoms with Crippen molar-refractivity contribution in [3.63, 3.8) is 0 Å². The van der Waals surface area contributed by atoms with E-state index < -0.39 is 0 Å². The van der Waals surface area contributed by atoms with E-state index in [0.29, 0.717) is 11.2 Å². The van der Waals surface area contributed by atoms with Crippen LogP contribution in [-0.4, -0.2) is 35.7 Å². The number of hydrogen-bond donors (Lipinski definition) is 1. The first-order chi connectivity index (χ1) is 16.0. The van der Waals surface area contributed by atoms with Crippen LogP contribution in [0.1, 0.15) is 67.8 Å². The molecule has 0 heterocycles. The third-order valence-electron chi connectivity index (χ3n) is 7.66. The summed E-state index contributed by atoms with van der Waals surface area (Å²) in [4.78, 5) is 13.3. The number of benzene rings is 2. The van der Waals surface area contributed by atoms with Crippen molar-refractivity contribution in [1.82, 2.24) is 10.2 Å². The predicted molar refractivity (Wildman–Crippen MR) is 137 cm³/mol. The number of hydrogen-bond acceptors (Lipinski definition) is 3. The van der Waals surface area contributed by atoms with Crippen LogP contribution in [0, 0.1) is 5.41 Å². The molecule has 1 unspecified atom stereocenters. The first kappa shape index (κ1) is 23.9. The molecule has 0 aromatic heterocycles. The molecule has 4 rings (SSSR count). The molecule has 1 saturated carbocycles. The van der Waals surface area contributed by atoms with Crippen molar-refractivity contribution in [2.75, 3.05) is 7.11 Å². The smallest absolute Gasteiger partial charge is 0.216 e. The summed E-state index contributed by atoms with van der Waals surface area (Å²) < 4.78 is 5.67. The first-order valence-electron chi connectivity index (χ1n) is 12.2. The fourth-order valence-corrected chi connectivity index (χ4v) is 6.05. The van der Waals surface area contributed by atoms with Crippen molar-refractivity contribution in [2.24, 2.45) is 5.41 Å². The lowest BCUT2D eigenvalue weighted by atomic mass is 9.68. The molecule has 2 aliphatic carbocycles. The van der Waals surface area contributed by atoms with Gasteiger partial charge in [-0.25, -0.2) is 0 Å². The molecule has 0 radical (unpaired) electrons. The SMILES string of the molecule is COC1CCC2(CC1)Cc1ccc(CCc3ccccc3)cc1C2NC(=S)N(C=O)C(C)C. The van der Waals surface area contributed by atoms with E-state index in [-0.39, 0.29) is 17.5 Å². The number of amides is 1. The maximum absolute atomic E-state index is 11.7. The quantitative estimate of drug-likeness (QED) is 0.441. The molecule has 0 saturated heterocycles. The van der Waals surface area contributed by atoms with E-state index in [9.17, 15) is 4.79 Å². The number of nitrogens with one attached hydrogen (secondary N) is 1. The normalized spacial score (nSPS) is 24.0. The molecular weight excluding hydrogens is 428 g/mol. The molecule has 0 bridgehead atoms. The molecule has 1 N–H and O–H groups in total. The molecule has 5 heteroatoms. The second-order valence-corrected chi connectivity index (χ2v) is 10.4. The average molecular weight is 465 g/mol. The maximum Gasteiger partial charge on any atom is 0.216 e. The molecule has 1 amide bonds. The van der Waals surface area contributed by atoms with Gasteiger partial charge < -0.3 is 10.1 Å². The van der Waals surface area contributed by atoms with Crippen LogP contribution in [0.3, 0.4) is 0 Å². The fourth-order valence-electron chi connectivity index (χ4n) is 5.67. The number of carbonyl (C=O) groups excluding carboxylic acids is 1. The van der Waals surface area contributed by atoms with Gasteiger partial charge in [0.25, 0.3) is 0 Å². The van der Waals surface area contributed by atoms with Crippen LogP contribution in [0.2, 0.25) is 0 Å². The number of ether oxygens (including phenoxy) is 1. The Morgan fingerprint density at radius 2 is 1.85 bits per heavy atom. The minimum absolute atomic E-state index is 0.0285. The van der Waals surface area contributed by atoms with Crippen LogP contribution in [0.4, 0.5) is 0 Å². The highest BCUT2D eigenvalue weighted by molar-refractivity contribution is 7.80. The summed E-state index contributed by atoms with van der Waals surface area (Å²) in [6.07, 6.45) is 8.63. The predicted octanol–water partition coefficient (Wildman–Crippen LogP) is 5.39. The van der Waals surface area contributed by atoms with Crippen LogP contribution in [0.15, 0.2) is 48.5 Å². The zero-order valence-corrected chi connectivity index (χ0v) is 20.9. The first-order valence-corrected chi connectivity index (χ1v) is 12.6. The fraction of sp³-hybridized carbons (Fsp3) is 0.500. The molecular formula is C28H36N2O2S. The van der Waals surface area contributed by atoms with E-state index in [1.54, 1.807) is 4.90 Å². The Bertz CT molecular complexity index is 967. The minimum atomic E-state index is 0.0285. The number of fused-ring (bicyclic) bond motifs is 1. The number of nitrogens with zero attached hydrogens (tertiary/aromatic N) is 1. The zero-order valence-electron chi connectivity index (χ0n) is 20.0. The molecule has 33 heavy (non-hydrogen) atoms. The number of thiocarbonyl (C=S) groups is 1. The molecule has 0 aliphatic heterocycles. The molecule has 4 nitrogen and oxygen atoms in total. The lowest BCUT2D eigenvalue weighted by molar-refractivity contribution is -0.115.